The Labute approximate surface area is 150 Å². The molecule has 1 amide bonds. The second kappa shape index (κ2) is 7.82. The summed E-state index contributed by atoms with van der Waals surface area (Å²) in [4.78, 5) is 12.6. The Kier molecular flexibility index (Phi) is 5.31. The topological polar surface area (TPSA) is 64.4 Å². The second-order valence-electron chi connectivity index (χ2n) is 5.92. The molecule has 2 aromatic carbocycles. The van der Waals surface area contributed by atoms with Gasteiger partial charge < -0.3 is 14.6 Å². The summed E-state index contributed by atoms with van der Waals surface area (Å²) in [6.07, 6.45) is 0. The van der Waals surface area contributed by atoms with Crippen molar-refractivity contribution in [2.24, 2.45) is 0 Å². The van der Waals surface area contributed by atoms with E-state index in [1.54, 1.807) is 19.1 Å². The highest BCUT2D eigenvalue weighted by Crippen LogP contribution is 2.20. The van der Waals surface area contributed by atoms with Crippen molar-refractivity contribution in [3.63, 3.8) is 0 Å². The molecule has 0 bridgehead atoms. The molecule has 0 saturated carbocycles. The average molecular weight is 354 g/mol. The lowest BCUT2D eigenvalue weighted by atomic mass is 10.1. The van der Waals surface area contributed by atoms with Crippen LogP contribution in [0.25, 0.3) is 0 Å². The fourth-order valence-corrected chi connectivity index (χ4v) is 2.54. The van der Waals surface area contributed by atoms with Crippen molar-refractivity contribution >= 4 is 5.91 Å². The second-order valence-corrected chi connectivity index (χ2v) is 5.92. The molecule has 5 nitrogen and oxygen atoms in total. The van der Waals surface area contributed by atoms with Crippen LogP contribution in [0.4, 0.5) is 4.39 Å². The van der Waals surface area contributed by atoms with Gasteiger partial charge in [-0.15, -0.1) is 0 Å². The first kappa shape index (κ1) is 17.7. The summed E-state index contributed by atoms with van der Waals surface area (Å²) in [5.74, 6) is 0.115. The first-order valence-electron chi connectivity index (χ1n) is 8.24. The number of amides is 1. The highest BCUT2D eigenvalue weighted by Gasteiger charge is 2.22. The lowest BCUT2D eigenvalue weighted by molar-refractivity contribution is 0.0928. The fourth-order valence-electron chi connectivity index (χ4n) is 2.54. The maximum absolute atomic E-state index is 13.2. The van der Waals surface area contributed by atoms with Gasteiger partial charge in [0.2, 0.25) is 0 Å². The number of halogens is 1. The standard InChI is InChI=1S/C20H19FN2O3/c1-13(15-7-4-3-5-8-15)22-20(24)19-18(14(2)26-23-19)12-25-17-10-6-9-16(21)11-17/h3-11,13H,12H2,1-2H3,(H,22,24). The zero-order valence-electron chi connectivity index (χ0n) is 14.5. The molecule has 0 spiro atoms. The molecule has 1 N–H and O–H groups in total. The number of rotatable bonds is 6. The number of benzene rings is 2. The van der Waals surface area contributed by atoms with Gasteiger partial charge in [-0.2, -0.15) is 0 Å². The van der Waals surface area contributed by atoms with Gasteiger partial charge in [0, 0.05) is 6.07 Å². The minimum Gasteiger partial charge on any atom is -0.489 e. The van der Waals surface area contributed by atoms with E-state index in [0.29, 0.717) is 17.1 Å². The average Bonchev–Trinajstić information content (AvgIpc) is 3.01. The van der Waals surface area contributed by atoms with E-state index < -0.39 is 0 Å². The number of ether oxygens (including phenoxy) is 1. The van der Waals surface area contributed by atoms with Crippen molar-refractivity contribution in [2.45, 2.75) is 26.5 Å². The number of aryl methyl sites for hydroxylation is 1. The molecule has 0 aliphatic heterocycles. The van der Waals surface area contributed by atoms with E-state index in [2.05, 4.69) is 10.5 Å². The molecule has 1 heterocycles. The van der Waals surface area contributed by atoms with Crippen LogP contribution in [0.2, 0.25) is 0 Å². The fraction of sp³-hybridized carbons (Fsp3) is 0.200. The quantitative estimate of drug-likeness (QED) is 0.721. The lowest BCUT2D eigenvalue weighted by Crippen LogP contribution is -2.28. The van der Waals surface area contributed by atoms with Crippen molar-refractivity contribution in [3.05, 3.63) is 83.0 Å². The number of carbonyl (C=O) groups excluding carboxylic acids is 1. The molecule has 3 rings (SSSR count). The van der Waals surface area contributed by atoms with E-state index in [1.807, 2.05) is 37.3 Å². The van der Waals surface area contributed by atoms with Gasteiger partial charge in [0.15, 0.2) is 5.69 Å². The van der Waals surface area contributed by atoms with Crippen LogP contribution in [0, 0.1) is 12.7 Å². The lowest BCUT2D eigenvalue weighted by Gasteiger charge is -2.14. The van der Waals surface area contributed by atoms with E-state index in [4.69, 9.17) is 9.26 Å². The van der Waals surface area contributed by atoms with Gasteiger partial charge in [0.1, 0.15) is 23.9 Å². The summed E-state index contributed by atoms with van der Waals surface area (Å²) >= 11 is 0. The third kappa shape index (κ3) is 4.08. The van der Waals surface area contributed by atoms with Crippen molar-refractivity contribution in [3.8, 4) is 5.75 Å². The molecule has 0 aliphatic carbocycles. The van der Waals surface area contributed by atoms with Crippen LogP contribution in [-0.2, 0) is 6.61 Å². The summed E-state index contributed by atoms with van der Waals surface area (Å²) in [6, 6.07) is 15.2. The Bertz CT molecular complexity index is 893. The molecule has 1 aromatic heterocycles. The Morgan fingerprint density at radius 1 is 1.23 bits per heavy atom. The molecule has 0 radical (unpaired) electrons. The van der Waals surface area contributed by atoms with Crippen LogP contribution in [0.3, 0.4) is 0 Å². The van der Waals surface area contributed by atoms with Crippen molar-refractivity contribution in [2.75, 3.05) is 0 Å². The van der Waals surface area contributed by atoms with E-state index in [1.165, 1.54) is 12.1 Å². The third-order valence-electron chi connectivity index (χ3n) is 4.03. The van der Waals surface area contributed by atoms with E-state index in [0.717, 1.165) is 5.56 Å². The van der Waals surface area contributed by atoms with E-state index in [9.17, 15) is 9.18 Å². The van der Waals surface area contributed by atoms with Crippen LogP contribution in [-0.4, -0.2) is 11.1 Å². The molecule has 26 heavy (non-hydrogen) atoms. The highest BCUT2D eigenvalue weighted by atomic mass is 19.1. The predicted octanol–water partition coefficient (Wildman–Crippen LogP) is 4.19. The van der Waals surface area contributed by atoms with Gasteiger partial charge in [-0.3, -0.25) is 4.79 Å². The predicted molar refractivity (Wildman–Crippen MR) is 94.3 cm³/mol. The molecule has 1 atom stereocenters. The third-order valence-corrected chi connectivity index (χ3v) is 4.03. The Balaban J connectivity index is 1.71. The summed E-state index contributed by atoms with van der Waals surface area (Å²) < 4.78 is 24.0. The number of aromatic nitrogens is 1. The first-order chi connectivity index (χ1) is 12.5. The Morgan fingerprint density at radius 3 is 2.73 bits per heavy atom. The highest BCUT2D eigenvalue weighted by molar-refractivity contribution is 5.94. The van der Waals surface area contributed by atoms with Crippen LogP contribution in [0.1, 0.15) is 40.3 Å². The minimum atomic E-state index is -0.390. The molecular formula is C20H19FN2O3. The minimum absolute atomic E-state index is 0.0568. The number of nitrogens with one attached hydrogen (secondary N) is 1. The van der Waals surface area contributed by atoms with E-state index in [-0.39, 0.29) is 30.1 Å². The number of hydrogen-bond donors (Lipinski definition) is 1. The Morgan fingerprint density at radius 2 is 2.00 bits per heavy atom. The van der Waals surface area contributed by atoms with Crippen LogP contribution in [0.15, 0.2) is 59.1 Å². The molecule has 6 heteroatoms. The smallest absolute Gasteiger partial charge is 0.274 e. The SMILES string of the molecule is Cc1onc(C(=O)NC(C)c2ccccc2)c1COc1cccc(F)c1. The summed E-state index contributed by atoms with van der Waals surface area (Å²) in [6.45, 7) is 3.65. The van der Waals surface area contributed by atoms with Gasteiger partial charge >= 0.3 is 0 Å². The maximum Gasteiger partial charge on any atom is 0.274 e. The van der Waals surface area contributed by atoms with E-state index >= 15 is 0 Å². The van der Waals surface area contributed by atoms with Gasteiger partial charge in [-0.1, -0.05) is 41.6 Å². The van der Waals surface area contributed by atoms with Gasteiger partial charge in [-0.05, 0) is 31.5 Å². The monoisotopic (exact) mass is 354 g/mol. The molecule has 134 valence electrons. The van der Waals surface area contributed by atoms with Crippen LogP contribution in [0.5, 0.6) is 5.75 Å². The molecule has 0 saturated heterocycles. The normalized spacial score (nSPS) is 11.8. The van der Waals surface area contributed by atoms with Crippen LogP contribution >= 0.6 is 0 Å². The maximum atomic E-state index is 13.2. The molecule has 0 aliphatic rings. The van der Waals surface area contributed by atoms with Gasteiger partial charge in [-0.25, -0.2) is 4.39 Å². The molecule has 0 fully saturated rings. The van der Waals surface area contributed by atoms with Crippen LogP contribution < -0.4 is 10.1 Å². The largest absolute Gasteiger partial charge is 0.489 e. The number of hydrogen-bond acceptors (Lipinski definition) is 4. The summed E-state index contributed by atoms with van der Waals surface area (Å²) in [5, 5.41) is 6.75. The summed E-state index contributed by atoms with van der Waals surface area (Å²) in [5.41, 5.74) is 1.69. The molecule has 1 unspecified atom stereocenters. The van der Waals surface area contributed by atoms with Gasteiger partial charge in [0.25, 0.3) is 5.91 Å². The van der Waals surface area contributed by atoms with Crippen molar-refractivity contribution in [1.29, 1.82) is 0 Å². The van der Waals surface area contributed by atoms with Crippen molar-refractivity contribution in [1.82, 2.24) is 10.5 Å². The van der Waals surface area contributed by atoms with Crippen molar-refractivity contribution < 1.29 is 18.4 Å². The van der Waals surface area contributed by atoms with Gasteiger partial charge in [0.05, 0.1) is 11.6 Å². The Hall–Kier alpha value is -3.15. The molecule has 3 aromatic rings. The summed E-state index contributed by atoms with van der Waals surface area (Å²) in [7, 11) is 0. The first-order valence-corrected chi connectivity index (χ1v) is 8.24. The molecular weight excluding hydrogens is 335 g/mol. The zero-order chi connectivity index (χ0) is 18.5. The number of nitrogens with zero attached hydrogens (tertiary/aromatic N) is 1. The number of carbonyl (C=O) groups is 1. The zero-order valence-corrected chi connectivity index (χ0v) is 14.5.